The van der Waals surface area contributed by atoms with Gasteiger partial charge in [-0.25, -0.2) is 0 Å². The molecule has 0 bridgehead atoms. The van der Waals surface area contributed by atoms with E-state index in [0.717, 1.165) is 44.7 Å². The first-order valence-electron chi connectivity index (χ1n) is 6.70. The lowest BCUT2D eigenvalue weighted by Crippen LogP contribution is -2.48. The Morgan fingerprint density at radius 1 is 1.50 bits per heavy atom. The molecule has 1 saturated carbocycles. The van der Waals surface area contributed by atoms with Gasteiger partial charge in [-0.2, -0.15) is 0 Å². The van der Waals surface area contributed by atoms with E-state index in [1.807, 2.05) is 6.33 Å². The quantitative estimate of drug-likeness (QED) is 0.763. The topological polar surface area (TPSA) is 55.2 Å². The Labute approximate surface area is 107 Å². The minimum Gasteiger partial charge on any atom is -0.383 e. The van der Waals surface area contributed by atoms with E-state index >= 15 is 0 Å². The average molecular weight is 251 g/mol. The van der Waals surface area contributed by atoms with Crippen LogP contribution in [0.4, 0.5) is 0 Å². The van der Waals surface area contributed by atoms with Crippen LogP contribution in [-0.2, 0) is 17.8 Å². The molecular formula is C12H21N5O. The van der Waals surface area contributed by atoms with Gasteiger partial charge in [0, 0.05) is 38.8 Å². The first-order valence-corrected chi connectivity index (χ1v) is 6.70. The molecule has 1 fully saturated rings. The number of aromatic nitrogens is 3. The highest BCUT2D eigenvalue weighted by atomic mass is 16.5. The zero-order valence-electron chi connectivity index (χ0n) is 10.9. The summed E-state index contributed by atoms with van der Waals surface area (Å²) >= 11 is 0. The lowest BCUT2D eigenvalue weighted by atomic mass is 10.2. The fourth-order valence-electron chi connectivity index (χ4n) is 2.47. The SMILES string of the molecule is COCC(CNC1CC1)N1CCn2cnnc2C1. The second-order valence-electron chi connectivity index (χ2n) is 5.20. The van der Waals surface area contributed by atoms with Crippen molar-refractivity contribution in [3.05, 3.63) is 12.2 Å². The van der Waals surface area contributed by atoms with Crippen LogP contribution in [0.25, 0.3) is 0 Å². The molecule has 1 N–H and O–H groups in total. The third kappa shape index (κ3) is 2.71. The molecule has 1 unspecified atom stereocenters. The van der Waals surface area contributed by atoms with Crippen LogP contribution in [0.15, 0.2) is 6.33 Å². The Balaban J connectivity index is 1.59. The molecular weight excluding hydrogens is 230 g/mol. The predicted molar refractivity (Wildman–Crippen MR) is 67.1 cm³/mol. The molecule has 6 nitrogen and oxygen atoms in total. The molecule has 0 radical (unpaired) electrons. The number of hydrogen-bond acceptors (Lipinski definition) is 5. The van der Waals surface area contributed by atoms with Gasteiger partial charge in [-0.15, -0.1) is 10.2 Å². The minimum atomic E-state index is 0.432. The Hall–Kier alpha value is -0.980. The lowest BCUT2D eigenvalue weighted by Gasteiger charge is -2.34. The number of methoxy groups -OCH3 is 1. The Kier molecular flexibility index (Phi) is 3.58. The molecule has 18 heavy (non-hydrogen) atoms. The highest BCUT2D eigenvalue weighted by molar-refractivity contribution is 4.93. The van der Waals surface area contributed by atoms with Crippen molar-refractivity contribution >= 4 is 0 Å². The van der Waals surface area contributed by atoms with Crippen molar-refractivity contribution in [2.24, 2.45) is 0 Å². The second-order valence-corrected chi connectivity index (χ2v) is 5.20. The lowest BCUT2D eigenvalue weighted by molar-refractivity contribution is 0.0703. The summed E-state index contributed by atoms with van der Waals surface area (Å²) < 4.78 is 7.49. The zero-order chi connectivity index (χ0) is 12.4. The summed E-state index contributed by atoms with van der Waals surface area (Å²) in [6.45, 7) is 4.68. The van der Waals surface area contributed by atoms with Crippen molar-refractivity contribution in [2.45, 2.75) is 38.0 Å². The zero-order valence-corrected chi connectivity index (χ0v) is 10.9. The number of nitrogens with one attached hydrogen (secondary N) is 1. The van der Waals surface area contributed by atoms with E-state index < -0.39 is 0 Å². The standard InChI is InChI=1S/C12H21N5O/c1-18-8-11(6-13-10-2-3-10)16-4-5-17-9-14-15-12(17)7-16/h9-11,13H,2-8H2,1H3. The van der Waals surface area contributed by atoms with E-state index in [4.69, 9.17) is 4.74 Å². The normalized spacial score (nSPS) is 21.8. The van der Waals surface area contributed by atoms with Gasteiger partial charge in [0.2, 0.25) is 0 Å². The highest BCUT2D eigenvalue weighted by Crippen LogP contribution is 2.19. The summed E-state index contributed by atoms with van der Waals surface area (Å²) in [6.07, 6.45) is 4.47. The molecule has 3 rings (SSSR count). The molecule has 2 heterocycles. The van der Waals surface area contributed by atoms with Crippen LogP contribution >= 0.6 is 0 Å². The third-order valence-electron chi connectivity index (χ3n) is 3.76. The summed E-state index contributed by atoms with van der Waals surface area (Å²) in [7, 11) is 1.77. The van der Waals surface area contributed by atoms with Crippen molar-refractivity contribution in [1.82, 2.24) is 25.0 Å². The second kappa shape index (κ2) is 5.34. The monoisotopic (exact) mass is 251 g/mol. The maximum absolute atomic E-state index is 5.35. The maximum Gasteiger partial charge on any atom is 0.147 e. The van der Waals surface area contributed by atoms with Crippen LogP contribution < -0.4 is 5.32 Å². The van der Waals surface area contributed by atoms with Crippen molar-refractivity contribution < 1.29 is 4.74 Å². The van der Waals surface area contributed by atoms with Gasteiger partial charge in [0.05, 0.1) is 13.2 Å². The van der Waals surface area contributed by atoms with Gasteiger partial charge in [-0.3, -0.25) is 4.90 Å². The van der Waals surface area contributed by atoms with E-state index in [1.54, 1.807) is 7.11 Å². The first kappa shape index (κ1) is 12.1. The van der Waals surface area contributed by atoms with Crippen molar-refractivity contribution in [1.29, 1.82) is 0 Å². The van der Waals surface area contributed by atoms with Crippen molar-refractivity contribution in [3.63, 3.8) is 0 Å². The van der Waals surface area contributed by atoms with E-state index in [9.17, 15) is 0 Å². The van der Waals surface area contributed by atoms with Gasteiger partial charge in [-0.05, 0) is 12.8 Å². The predicted octanol–water partition coefficient (Wildman–Crippen LogP) is -0.139. The third-order valence-corrected chi connectivity index (χ3v) is 3.76. The summed E-state index contributed by atoms with van der Waals surface area (Å²) in [5.41, 5.74) is 0. The van der Waals surface area contributed by atoms with E-state index in [1.165, 1.54) is 12.8 Å². The van der Waals surface area contributed by atoms with E-state index in [0.29, 0.717) is 6.04 Å². The largest absolute Gasteiger partial charge is 0.383 e. The van der Waals surface area contributed by atoms with E-state index in [2.05, 4.69) is 25.0 Å². The van der Waals surface area contributed by atoms with Crippen LogP contribution in [0.2, 0.25) is 0 Å². The Morgan fingerprint density at radius 3 is 3.17 bits per heavy atom. The van der Waals surface area contributed by atoms with Crippen LogP contribution in [0.3, 0.4) is 0 Å². The van der Waals surface area contributed by atoms with Gasteiger partial charge in [-0.1, -0.05) is 0 Å². The molecule has 0 aromatic carbocycles. The molecule has 1 aromatic heterocycles. The number of hydrogen-bond donors (Lipinski definition) is 1. The highest BCUT2D eigenvalue weighted by Gasteiger charge is 2.27. The van der Waals surface area contributed by atoms with Gasteiger partial charge in [0.25, 0.3) is 0 Å². The Morgan fingerprint density at radius 2 is 2.39 bits per heavy atom. The van der Waals surface area contributed by atoms with E-state index in [-0.39, 0.29) is 0 Å². The molecule has 1 aliphatic carbocycles. The number of nitrogens with zero attached hydrogens (tertiary/aromatic N) is 4. The van der Waals surface area contributed by atoms with Crippen molar-refractivity contribution in [3.8, 4) is 0 Å². The molecule has 0 spiro atoms. The Bertz CT molecular complexity index is 390. The summed E-state index contributed by atoms with van der Waals surface area (Å²) in [5, 5.41) is 11.7. The van der Waals surface area contributed by atoms with Gasteiger partial charge < -0.3 is 14.6 Å². The van der Waals surface area contributed by atoms with Crippen LogP contribution in [-0.4, -0.2) is 58.6 Å². The summed E-state index contributed by atoms with van der Waals surface area (Å²) in [5.74, 6) is 1.06. The fourth-order valence-corrected chi connectivity index (χ4v) is 2.47. The maximum atomic E-state index is 5.35. The smallest absolute Gasteiger partial charge is 0.147 e. The number of ether oxygens (including phenoxy) is 1. The molecule has 0 amide bonds. The van der Waals surface area contributed by atoms with Crippen LogP contribution in [0.5, 0.6) is 0 Å². The summed E-state index contributed by atoms with van der Waals surface area (Å²) in [6, 6.07) is 1.18. The average Bonchev–Trinajstić information content (AvgIpc) is 3.10. The van der Waals surface area contributed by atoms with Gasteiger partial charge in [0.1, 0.15) is 12.2 Å². The molecule has 1 atom stereocenters. The molecule has 6 heteroatoms. The first-order chi connectivity index (χ1) is 8.86. The molecule has 100 valence electrons. The number of fused-ring (bicyclic) bond motifs is 1. The molecule has 1 aromatic rings. The van der Waals surface area contributed by atoms with Crippen molar-refractivity contribution in [2.75, 3.05) is 26.8 Å². The number of rotatable bonds is 6. The summed E-state index contributed by atoms with van der Waals surface area (Å²) in [4.78, 5) is 2.45. The van der Waals surface area contributed by atoms with Crippen LogP contribution in [0.1, 0.15) is 18.7 Å². The minimum absolute atomic E-state index is 0.432. The van der Waals surface area contributed by atoms with Gasteiger partial charge in [0.15, 0.2) is 0 Å². The fraction of sp³-hybridized carbons (Fsp3) is 0.833. The molecule has 2 aliphatic rings. The van der Waals surface area contributed by atoms with Crippen LogP contribution in [0, 0.1) is 0 Å². The molecule has 0 saturated heterocycles. The molecule has 1 aliphatic heterocycles. The van der Waals surface area contributed by atoms with Gasteiger partial charge >= 0.3 is 0 Å².